The molecule has 2 heterocycles. The van der Waals surface area contributed by atoms with Crippen LogP contribution in [-0.4, -0.2) is 4.98 Å². The summed E-state index contributed by atoms with van der Waals surface area (Å²) in [5, 5.41) is 7.68. The highest BCUT2D eigenvalue weighted by atomic mass is 32.1. The van der Waals surface area contributed by atoms with Gasteiger partial charge in [0.05, 0.1) is 5.69 Å². The fourth-order valence-corrected chi connectivity index (χ4v) is 2.58. The number of aromatic nitrogens is 1. The number of thiophene rings is 1. The van der Waals surface area contributed by atoms with E-state index in [1.165, 1.54) is 16.7 Å². The molecule has 0 saturated heterocycles. The molecule has 2 rings (SSSR count). The van der Waals surface area contributed by atoms with Gasteiger partial charge >= 0.3 is 0 Å². The molecule has 0 amide bonds. The molecule has 2 aromatic rings. The Morgan fingerprint density at radius 3 is 2.88 bits per heavy atom. The number of aryl methyl sites for hydroxylation is 1. The Bertz CT molecular complexity index is 479. The summed E-state index contributed by atoms with van der Waals surface area (Å²) in [5.41, 5.74) is 10.5. The van der Waals surface area contributed by atoms with Crippen LogP contribution in [0.15, 0.2) is 29.1 Å². The first-order valence-corrected chi connectivity index (χ1v) is 6.60. The van der Waals surface area contributed by atoms with E-state index < -0.39 is 0 Å². The van der Waals surface area contributed by atoms with E-state index in [1.807, 2.05) is 12.3 Å². The van der Waals surface area contributed by atoms with Gasteiger partial charge in [0.25, 0.3) is 0 Å². The molecular weight excluding hydrogens is 230 g/mol. The Labute approximate surface area is 106 Å². The van der Waals surface area contributed by atoms with Gasteiger partial charge in [-0.1, -0.05) is 6.07 Å². The second-order valence-electron chi connectivity index (χ2n) is 4.00. The maximum atomic E-state index is 5.67. The molecule has 0 bridgehead atoms. The topological polar surface area (TPSA) is 50.9 Å². The van der Waals surface area contributed by atoms with E-state index in [0.29, 0.717) is 6.54 Å². The molecule has 90 valence electrons. The SMILES string of the molecule is Cc1cccnc1CNCc1cscc1CN. The van der Waals surface area contributed by atoms with Crippen LogP contribution >= 0.6 is 11.3 Å². The summed E-state index contributed by atoms with van der Waals surface area (Å²) >= 11 is 1.70. The van der Waals surface area contributed by atoms with Crippen LogP contribution in [0.4, 0.5) is 0 Å². The molecule has 3 nitrogen and oxygen atoms in total. The molecule has 2 aromatic heterocycles. The van der Waals surface area contributed by atoms with Crippen molar-refractivity contribution in [3.05, 3.63) is 51.5 Å². The maximum absolute atomic E-state index is 5.67. The molecule has 0 aromatic carbocycles. The largest absolute Gasteiger partial charge is 0.326 e. The van der Waals surface area contributed by atoms with Crippen LogP contribution in [0.5, 0.6) is 0 Å². The molecule has 17 heavy (non-hydrogen) atoms. The van der Waals surface area contributed by atoms with Gasteiger partial charge in [-0.3, -0.25) is 4.98 Å². The van der Waals surface area contributed by atoms with Crippen molar-refractivity contribution in [1.29, 1.82) is 0 Å². The third kappa shape index (κ3) is 3.12. The fraction of sp³-hybridized carbons (Fsp3) is 0.308. The second-order valence-corrected chi connectivity index (χ2v) is 4.74. The molecule has 0 aliphatic heterocycles. The minimum Gasteiger partial charge on any atom is -0.326 e. The number of hydrogen-bond donors (Lipinski definition) is 2. The van der Waals surface area contributed by atoms with Crippen molar-refractivity contribution in [3.63, 3.8) is 0 Å². The highest BCUT2D eigenvalue weighted by Crippen LogP contribution is 2.14. The van der Waals surface area contributed by atoms with E-state index in [9.17, 15) is 0 Å². The van der Waals surface area contributed by atoms with Gasteiger partial charge in [0, 0.05) is 25.8 Å². The molecule has 4 heteroatoms. The lowest BCUT2D eigenvalue weighted by Gasteiger charge is -2.07. The van der Waals surface area contributed by atoms with Crippen LogP contribution in [0.2, 0.25) is 0 Å². The zero-order valence-electron chi connectivity index (χ0n) is 9.94. The number of pyridine rings is 1. The Hall–Kier alpha value is -1.23. The van der Waals surface area contributed by atoms with Crippen molar-refractivity contribution in [2.24, 2.45) is 5.73 Å². The molecular formula is C13H17N3S. The number of nitrogens with zero attached hydrogens (tertiary/aromatic N) is 1. The van der Waals surface area contributed by atoms with E-state index in [4.69, 9.17) is 5.73 Å². The number of nitrogens with two attached hydrogens (primary N) is 1. The number of rotatable bonds is 5. The summed E-state index contributed by atoms with van der Waals surface area (Å²) < 4.78 is 0. The van der Waals surface area contributed by atoms with E-state index in [1.54, 1.807) is 11.3 Å². The van der Waals surface area contributed by atoms with Crippen molar-refractivity contribution in [2.75, 3.05) is 0 Å². The lowest BCUT2D eigenvalue weighted by atomic mass is 10.2. The van der Waals surface area contributed by atoms with Crippen LogP contribution in [0, 0.1) is 6.92 Å². The van der Waals surface area contributed by atoms with Gasteiger partial charge in [0.15, 0.2) is 0 Å². The molecule has 3 N–H and O–H groups in total. The van der Waals surface area contributed by atoms with E-state index in [2.05, 4.69) is 34.1 Å². The molecule has 0 atom stereocenters. The van der Waals surface area contributed by atoms with Crippen LogP contribution in [-0.2, 0) is 19.6 Å². The molecule has 0 aliphatic rings. The van der Waals surface area contributed by atoms with Crippen molar-refractivity contribution in [3.8, 4) is 0 Å². The fourth-order valence-electron chi connectivity index (χ4n) is 1.70. The smallest absolute Gasteiger partial charge is 0.0570 e. The average molecular weight is 247 g/mol. The Balaban J connectivity index is 1.90. The van der Waals surface area contributed by atoms with E-state index in [-0.39, 0.29) is 0 Å². The highest BCUT2D eigenvalue weighted by molar-refractivity contribution is 7.08. The Morgan fingerprint density at radius 1 is 1.29 bits per heavy atom. The summed E-state index contributed by atoms with van der Waals surface area (Å²) in [6.07, 6.45) is 1.83. The normalized spacial score (nSPS) is 10.7. The summed E-state index contributed by atoms with van der Waals surface area (Å²) in [5.74, 6) is 0. The Kier molecular flexibility index (Phi) is 4.25. The molecule has 0 radical (unpaired) electrons. The van der Waals surface area contributed by atoms with Gasteiger partial charge in [-0.25, -0.2) is 0 Å². The summed E-state index contributed by atoms with van der Waals surface area (Å²) in [6, 6.07) is 4.05. The maximum Gasteiger partial charge on any atom is 0.0570 e. The van der Waals surface area contributed by atoms with Gasteiger partial charge in [-0.05, 0) is 40.4 Å². The summed E-state index contributed by atoms with van der Waals surface area (Å²) in [7, 11) is 0. The molecule has 0 fully saturated rings. The van der Waals surface area contributed by atoms with Crippen molar-refractivity contribution < 1.29 is 0 Å². The predicted octanol–water partition coefficient (Wildman–Crippen LogP) is 2.20. The van der Waals surface area contributed by atoms with E-state index in [0.717, 1.165) is 18.8 Å². The third-order valence-electron chi connectivity index (χ3n) is 2.78. The molecule has 0 aliphatic carbocycles. The van der Waals surface area contributed by atoms with Crippen molar-refractivity contribution in [1.82, 2.24) is 10.3 Å². The van der Waals surface area contributed by atoms with Crippen LogP contribution in [0.1, 0.15) is 22.4 Å². The lowest BCUT2D eigenvalue weighted by Crippen LogP contribution is -2.15. The number of hydrogen-bond acceptors (Lipinski definition) is 4. The first-order valence-electron chi connectivity index (χ1n) is 5.66. The lowest BCUT2D eigenvalue weighted by molar-refractivity contribution is 0.673. The zero-order chi connectivity index (χ0) is 12.1. The van der Waals surface area contributed by atoms with Gasteiger partial charge in [-0.2, -0.15) is 11.3 Å². The minimum atomic E-state index is 0.614. The zero-order valence-corrected chi connectivity index (χ0v) is 10.8. The first-order chi connectivity index (χ1) is 8.31. The number of nitrogens with one attached hydrogen (secondary N) is 1. The van der Waals surface area contributed by atoms with Gasteiger partial charge in [-0.15, -0.1) is 0 Å². The van der Waals surface area contributed by atoms with E-state index >= 15 is 0 Å². The summed E-state index contributed by atoms with van der Waals surface area (Å²) in [6.45, 7) is 4.35. The molecule has 0 spiro atoms. The van der Waals surface area contributed by atoms with Crippen molar-refractivity contribution in [2.45, 2.75) is 26.6 Å². The standard InChI is InChI=1S/C13H17N3S/c1-10-3-2-4-16-13(10)7-15-6-12-9-17-8-11(12)5-14/h2-4,8-9,15H,5-7,14H2,1H3. The minimum absolute atomic E-state index is 0.614. The first kappa shape index (κ1) is 12.2. The average Bonchev–Trinajstić information content (AvgIpc) is 2.79. The van der Waals surface area contributed by atoms with Crippen molar-refractivity contribution >= 4 is 11.3 Å². The van der Waals surface area contributed by atoms with Crippen LogP contribution in [0.3, 0.4) is 0 Å². The van der Waals surface area contributed by atoms with Gasteiger partial charge in [0.1, 0.15) is 0 Å². The third-order valence-corrected chi connectivity index (χ3v) is 3.62. The van der Waals surface area contributed by atoms with Gasteiger partial charge < -0.3 is 11.1 Å². The molecule has 0 unspecified atom stereocenters. The Morgan fingerprint density at radius 2 is 2.12 bits per heavy atom. The molecule has 0 saturated carbocycles. The van der Waals surface area contributed by atoms with Crippen LogP contribution in [0.25, 0.3) is 0 Å². The predicted molar refractivity (Wildman–Crippen MR) is 71.7 cm³/mol. The quantitative estimate of drug-likeness (QED) is 0.851. The highest BCUT2D eigenvalue weighted by Gasteiger charge is 2.02. The monoisotopic (exact) mass is 247 g/mol. The second kappa shape index (κ2) is 5.91. The summed E-state index contributed by atoms with van der Waals surface area (Å²) in [4.78, 5) is 4.36. The van der Waals surface area contributed by atoms with Gasteiger partial charge in [0.2, 0.25) is 0 Å². The van der Waals surface area contributed by atoms with Crippen LogP contribution < -0.4 is 11.1 Å².